The summed E-state index contributed by atoms with van der Waals surface area (Å²) in [7, 11) is 0. The van der Waals surface area contributed by atoms with Crippen LogP contribution in [0.15, 0.2) is 48.5 Å². The molecule has 1 atom stereocenters. The fraction of sp³-hybridized carbons (Fsp3) is 0.417. The Labute approximate surface area is 182 Å². The minimum absolute atomic E-state index is 0.00123. The predicted molar refractivity (Wildman–Crippen MR) is 118 cm³/mol. The quantitative estimate of drug-likeness (QED) is 0.730. The van der Waals surface area contributed by atoms with Gasteiger partial charge >= 0.3 is 0 Å². The van der Waals surface area contributed by atoms with E-state index in [4.69, 9.17) is 16.3 Å². The molecule has 30 heavy (non-hydrogen) atoms. The van der Waals surface area contributed by atoms with Crippen molar-refractivity contribution in [3.05, 3.63) is 64.7 Å². The fourth-order valence-electron chi connectivity index (χ4n) is 4.46. The number of hydrogen-bond donors (Lipinski definition) is 2. The molecule has 1 unspecified atom stereocenters. The number of nitrogens with one attached hydrogen (secondary N) is 2. The van der Waals surface area contributed by atoms with Crippen molar-refractivity contribution in [2.24, 2.45) is 5.92 Å². The van der Waals surface area contributed by atoms with E-state index in [0.717, 1.165) is 29.7 Å². The Morgan fingerprint density at radius 3 is 2.77 bits per heavy atom. The molecule has 2 amide bonds. The zero-order chi connectivity index (χ0) is 21.0. The van der Waals surface area contributed by atoms with Crippen molar-refractivity contribution >= 4 is 29.1 Å². The predicted octanol–water partition coefficient (Wildman–Crippen LogP) is 4.10. The average molecular weight is 427 g/mol. The Balaban J connectivity index is 1.35. The number of fused-ring (bicyclic) bond motifs is 1. The number of ether oxygens (including phenoxy) is 1. The summed E-state index contributed by atoms with van der Waals surface area (Å²) in [5, 5.41) is 6.77. The van der Waals surface area contributed by atoms with Crippen LogP contribution in [0, 0.1) is 5.92 Å². The zero-order valence-corrected chi connectivity index (χ0v) is 17.7. The molecule has 0 aliphatic carbocycles. The van der Waals surface area contributed by atoms with Gasteiger partial charge in [-0.05, 0) is 55.0 Å². The Bertz CT molecular complexity index is 924. The highest BCUT2D eigenvalue weighted by Gasteiger charge is 2.35. The summed E-state index contributed by atoms with van der Waals surface area (Å²) in [6.07, 6.45) is 3.24. The first-order chi connectivity index (χ1) is 14.6. The number of benzene rings is 2. The van der Waals surface area contributed by atoms with Gasteiger partial charge in [0, 0.05) is 48.2 Å². The highest BCUT2D eigenvalue weighted by Crippen LogP contribution is 2.35. The lowest BCUT2D eigenvalue weighted by Crippen LogP contribution is -2.44. The molecule has 158 valence electrons. The lowest BCUT2D eigenvalue weighted by atomic mass is 9.74. The number of carbonyl (C=O) groups is 2. The van der Waals surface area contributed by atoms with Gasteiger partial charge in [0.15, 0.2) is 0 Å². The molecule has 2 heterocycles. The first-order valence-electron chi connectivity index (χ1n) is 10.5. The zero-order valence-electron chi connectivity index (χ0n) is 17.0. The van der Waals surface area contributed by atoms with Crippen molar-refractivity contribution in [1.82, 2.24) is 5.32 Å². The SMILES string of the molecule is O=C(CCC1Cc2ccccc2NC1=O)NCC1(c2cccc(Cl)c2)CCOCC1. The molecule has 1 saturated heterocycles. The van der Waals surface area contributed by atoms with Crippen LogP contribution in [0.3, 0.4) is 0 Å². The Hall–Kier alpha value is -2.37. The number of carbonyl (C=O) groups excluding carboxylic acids is 2. The number of anilines is 1. The number of amides is 2. The average Bonchev–Trinajstić information content (AvgIpc) is 2.77. The summed E-state index contributed by atoms with van der Waals surface area (Å²) in [6, 6.07) is 15.7. The second-order valence-corrected chi connectivity index (χ2v) is 8.70. The van der Waals surface area contributed by atoms with Crippen LogP contribution < -0.4 is 10.6 Å². The summed E-state index contributed by atoms with van der Waals surface area (Å²) in [4.78, 5) is 25.0. The molecule has 0 saturated carbocycles. The highest BCUT2D eigenvalue weighted by atomic mass is 35.5. The van der Waals surface area contributed by atoms with Gasteiger partial charge in [0.25, 0.3) is 0 Å². The highest BCUT2D eigenvalue weighted by molar-refractivity contribution is 6.30. The van der Waals surface area contributed by atoms with Gasteiger partial charge in [0.2, 0.25) is 11.8 Å². The molecule has 0 radical (unpaired) electrons. The topological polar surface area (TPSA) is 67.4 Å². The van der Waals surface area contributed by atoms with Crippen LogP contribution >= 0.6 is 11.6 Å². The van der Waals surface area contributed by atoms with E-state index in [0.29, 0.717) is 44.0 Å². The van der Waals surface area contributed by atoms with Crippen molar-refractivity contribution in [2.75, 3.05) is 25.1 Å². The molecule has 0 aromatic heterocycles. The summed E-state index contributed by atoms with van der Waals surface area (Å²) in [5.74, 6) is -0.188. The number of hydrogen-bond acceptors (Lipinski definition) is 3. The molecule has 5 nitrogen and oxygen atoms in total. The molecule has 2 aromatic carbocycles. The van der Waals surface area contributed by atoms with Crippen molar-refractivity contribution in [3.63, 3.8) is 0 Å². The van der Waals surface area contributed by atoms with Crippen LogP contribution in [-0.4, -0.2) is 31.6 Å². The summed E-state index contributed by atoms with van der Waals surface area (Å²) in [5.41, 5.74) is 2.98. The van der Waals surface area contributed by atoms with Crippen molar-refractivity contribution < 1.29 is 14.3 Å². The lowest BCUT2D eigenvalue weighted by Gasteiger charge is -2.38. The molecular formula is C24H27ClN2O3. The first-order valence-corrected chi connectivity index (χ1v) is 10.9. The lowest BCUT2D eigenvalue weighted by molar-refractivity contribution is -0.123. The van der Waals surface area contributed by atoms with Gasteiger partial charge in [-0.15, -0.1) is 0 Å². The molecule has 2 aliphatic rings. The fourth-order valence-corrected chi connectivity index (χ4v) is 4.65. The maximum atomic E-state index is 12.6. The number of para-hydroxylation sites is 1. The van der Waals surface area contributed by atoms with Crippen molar-refractivity contribution in [2.45, 2.75) is 37.5 Å². The normalized spacial score (nSPS) is 20.2. The van der Waals surface area contributed by atoms with Crippen LogP contribution in [0.5, 0.6) is 0 Å². The van der Waals surface area contributed by atoms with Crippen LogP contribution in [0.25, 0.3) is 0 Å². The van der Waals surface area contributed by atoms with Crippen LogP contribution in [0.2, 0.25) is 5.02 Å². The van der Waals surface area contributed by atoms with Gasteiger partial charge in [-0.1, -0.05) is 41.9 Å². The maximum absolute atomic E-state index is 12.6. The molecule has 6 heteroatoms. The van der Waals surface area contributed by atoms with Gasteiger partial charge in [-0.3, -0.25) is 9.59 Å². The van der Waals surface area contributed by atoms with Crippen molar-refractivity contribution in [1.29, 1.82) is 0 Å². The van der Waals surface area contributed by atoms with E-state index in [1.54, 1.807) is 0 Å². The molecule has 1 fully saturated rings. The van der Waals surface area contributed by atoms with E-state index < -0.39 is 0 Å². The standard InChI is InChI=1S/C24H27ClN2O3/c25-20-6-3-5-19(15-20)24(10-12-30-13-11-24)16-26-22(28)9-8-18-14-17-4-1-2-7-21(17)27-23(18)29/h1-7,15,18H,8-14,16H2,(H,26,28)(H,27,29). The third-order valence-electron chi connectivity index (χ3n) is 6.34. The summed E-state index contributed by atoms with van der Waals surface area (Å²) in [6.45, 7) is 1.89. The summed E-state index contributed by atoms with van der Waals surface area (Å²) < 4.78 is 5.56. The first kappa shape index (κ1) is 20.9. The second-order valence-electron chi connectivity index (χ2n) is 8.27. The summed E-state index contributed by atoms with van der Waals surface area (Å²) >= 11 is 6.22. The largest absolute Gasteiger partial charge is 0.381 e. The van der Waals surface area contributed by atoms with E-state index in [1.807, 2.05) is 42.5 Å². The molecule has 0 spiro atoms. The van der Waals surface area contributed by atoms with Gasteiger partial charge in [-0.25, -0.2) is 0 Å². The van der Waals surface area contributed by atoms with Gasteiger partial charge in [0.1, 0.15) is 0 Å². The minimum atomic E-state index is -0.171. The van der Waals surface area contributed by atoms with Gasteiger partial charge < -0.3 is 15.4 Å². The van der Waals surface area contributed by atoms with Crippen LogP contribution in [0.1, 0.15) is 36.8 Å². The third kappa shape index (κ3) is 4.68. The molecule has 2 N–H and O–H groups in total. The molecular weight excluding hydrogens is 400 g/mol. The van der Waals surface area contributed by atoms with Crippen LogP contribution in [0.4, 0.5) is 5.69 Å². The van der Waals surface area contributed by atoms with Gasteiger partial charge in [-0.2, -0.15) is 0 Å². The Morgan fingerprint density at radius 2 is 1.97 bits per heavy atom. The molecule has 2 aliphatic heterocycles. The minimum Gasteiger partial charge on any atom is -0.381 e. The molecule has 2 aromatic rings. The van der Waals surface area contributed by atoms with E-state index in [2.05, 4.69) is 16.7 Å². The Kier molecular flexibility index (Phi) is 6.40. The van der Waals surface area contributed by atoms with Gasteiger partial charge in [0.05, 0.1) is 0 Å². The number of halogens is 1. The molecule has 4 rings (SSSR count). The smallest absolute Gasteiger partial charge is 0.227 e. The molecule has 0 bridgehead atoms. The van der Waals surface area contributed by atoms with E-state index in [1.165, 1.54) is 0 Å². The van der Waals surface area contributed by atoms with Crippen LogP contribution in [-0.2, 0) is 26.2 Å². The van der Waals surface area contributed by atoms with E-state index >= 15 is 0 Å². The monoisotopic (exact) mass is 426 g/mol. The van der Waals surface area contributed by atoms with E-state index in [-0.39, 0.29) is 23.1 Å². The number of rotatable bonds is 6. The van der Waals surface area contributed by atoms with E-state index in [9.17, 15) is 9.59 Å². The third-order valence-corrected chi connectivity index (χ3v) is 6.58. The van der Waals surface area contributed by atoms with Crippen molar-refractivity contribution in [3.8, 4) is 0 Å². The second kappa shape index (κ2) is 9.19. The Morgan fingerprint density at radius 1 is 1.17 bits per heavy atom. The maximum Gasteiger partial charge on any atom is 0.227 e.